The van der Waals surface area contributed by atoms with Crippen molar-refractivity contribution >= 4 is 0 Å². The molecule has 1 aromatic carbocycles. The second-order valence-electron chi connectivity index (χ2n) is 5.55. The average Bonchev–Trinajstić information content (AvgIpc) is 2.28. The molecule has 0 heterocycles. The lowest BCUT2D eigenvalue weighted by atomic mass is 9.96. The highest BCUT2D eigenvalue weighted by molar-refractivity contribution is 5.28. The number of benzene rings is 1. The summed E-state index contributed by atoms with van der Waals surface area (Å²) in [6, 6.07) is 7.84. The zero-order valence-electron chi connectivity index (χ0n) is 11.9. The standard InChI is InChI=1S/C15H25NO2/c1-12(2)10-16-11-15(3,17)9-13-5-7-14(18-4)8-6-13/h5-8,12,16-17H,9-11H2,1-4H3. The minimum absolute atomic E-state index is 0.599. The van der Waals surface area contributed by atoms with Crippen molar-refractivity contribution in [1.29, 1.82) is 0 Å². The number of methoxy groups -OCH3 is 1. The third-order valence-corrected chi connectivity index (χ3v) is 2.80. The van der Waals surface area contributed by atoms with Gasteiger partial charge in [-0.25, -0.2) is 0 Å². The average molecular weight is 251 g/mol. The van der Waals surface area contributed by atoms with E-state index in [4.69, 9.17) is 4.74 Å². The molecule has 102 valence electrons. The fourth-order valence-corrected chi connectivity index (χ4v) is 1.88. The van der Waals surface area contributed by atoms with E-state index in [-0.39, 0.29) is 0 Å². The van der Waals surface area contributed by atoms with Crippen LogP contribution in [0.4, 0.5) is 0 Å². The molecule has 3 nitrogen and oxygen atoms in total. The van der Waals surface area contributed by atoms with Crippen LogP contribution in [0.3, 0.4) is 0 Å². The lowest BCUT2D eigenvalue weighted by molar-refractivity contribution is 0.0595. The van der Waals surface area contributed by atoms with Crippen LogP contribution in [-0.2, 0) is 6.42 Å². The maximum atomic E-state index is 10.3. The van der Waals surface area contributed by atoms with Gasteiger partial charge >= 0.3 is 0 Å². The summed E-state index contributed by atoms with van der Waals surface area (Å²) in [5.74, 6) is 1.44. The van der Waals surface area contributed by atoms with Gasteiger partial charge in [0.25, 0.3) is 0 Å². The van der Waals surface area contributed by atoms with E-state index >= 15 is 0 Å². The molecule has 0 bridgehead atoms. The number of rotatable bonds is 7. The van der Waals surface area contributed by atoms with Crippen molar-refractivity contribution in [3.05, 3.63) is 29.8 Å². The molecule has 0 aliphatic carbocycles. The fourth-order valence-electron chi connectivity index (χ4n) is 1.88. The predicted molar refractivity (Wildman–Crippen MR) is 75.0 cm³/mol. The Morgan fingerprint density at radius 2 is 1.89 bits per heavy atom. The van der Waals surface area contributed by atoms with E-state index in [0.717, 1.165) is 17.9 Å². The molecule has 0 fully saturated rings. The van der Waals surface area contributed by atoms with Crippen LogP contribution in [0.15, 0.2) is 24.3 Å². The van der Waals surface area contributed by atoms with Gasteiger partial charge in [-0.05, 0) is 37.1 Å². The van der Waals surface area contributed by atoms with Crippen molar-refractivity contribution < 1.29 is 9.84 Å². The molecule has 0 aromatic heterocycles. The summed E-state index contributed by atoms with van der Waals surface area (Å²) in [6.07, 6.45) is 0.641. The van der Waals surface area contributed by atoms with Crippen LogP contribution in [0.1, 0.15) is 26.3 Å². The first-order valence-electron chi connectivity index (χ1n) is 6.49. The summed E-state index contributed by atoms with van der Waals surface area (Å²) in [6.45, 7) is 7.72. The fraction of sp³-hybridized carbons (Fsp3) is 0.600. The number of hydrogen-bond donors (Lipinski definition) is 2. The van der Waals surface area contributed by atoms with E-state index in [1.54, 1.807) is 7.11 Å². The van der Waals surface area contributed by atoms with Gasteiger partial charge in [0.05, 0.1) is 12.7 Å². The Kier molecular flexibility index (Phi) is 5.63. The van der Waals surface area contributed by atoms with Crippen molar-refractivity contribution in [2.45, 2.75) is 32.8 Å². The summed E-state index contributed by atoms with van der Waals surface area (Å²) in [4.78, 5) is 0. The minimum Gasteiger partial charge on any atom is -0.497 e. The monoisotopic (exact) mass is 251 g/mol. The third-order valence-electron chi connectivity index (χ3n) is 2.80. The van der Waals surface area contributed by atoms with Crippen LogP contribution in [0.2, 0.25) is 0 Å². The van der Waals surface area contributed by atoms with E-state index in [2.05, 4.69) is 19.2 Å². The van der Waals surface area contributed by atoms with Crippen LogP contribution in [0.25, 0.3) is 0 Å². The number of hydrogen-bond acceptors (Lipinski definition) is 3. The van der Waals surface area contributed by atoms with Gasteiger partial charge in [-0.15, -0.1) is 0 Å². The normalized spacial score (nSPS) is 14.6. The predicted octanol–water partition coefficient (Wildman–Crippen LogP) is 2.23. The second kappa shape index (κ2) is 6.76. The second-order valence-corrected chi connectivity index (χ2v) is 5.55. The third kappa shape index (κ3) is 5.52. The first-order valence-corrected chi connectivity index (χ1v) is 6.49. The Morgan fingerprint density at radius 1 is 1.28 bits per heavy atom. The molecule has 0 aliphatic heterocycles. The van der Waals surface area contributed by atoms with Gasteiger partial charge in [0.1, 0.15) is 5.75 Å². The van der Waals surface area contributed by atoms with Gasteiger partial charge in [0, 0.05) is 13.0 Å². The van der Waals surface area contributed by atoms with Gasteiger partial charge < -0.3 is 15.2 Å². The highest BCUT2D eigenvalue weighted by atomic mass is 16.5. The van der Waals surface area contributed by atoms with Crippen LogP contribution in [-0.4, -0.2) is 30.9 Å². The summed E-state index contributed by atoms with van der Waals surface area (Å²) in [5.41, 5.74) is 0.399. The number of ether oxygens (including phenoxy) is 1. The molecule has 0 saturated carbocycles. The molecule has 0 amide bonds. The molecule has 3 heteroatoms. The van der Waals surface area contributed by atoms with Crippen molar-refractivity contribution in [2.24, 2.45) is 5.92 Å². The summed E-state index contributed by atoms with van der Waals surface area (Å²) >= 11 is 0. The topological polar surface area (TPSA) is 41.5 Å². The molecule has 2 N–H and O–H groups in total. The van der Waals surface area contributed by atoms with Crippen LogP contribution in [0.5, 0.6) is 5.75 Å². The van der Waals surface area contributed by atoms with Crippen molar-refractivity contribution in [3.63, 3.8) is 0 Å². The van der Waals surface area contributed by atoms with Gasteiger partial charge in [0.2, 0.25) is 0 Å². The SMILES string of the molecule is COc1ccc(CC(C)(O)CNCC(C)C)cc1. The van der Waals surface area contributed by atoms with Gasteiger partial charge in [0.15, 0.2) is 0 Å². The summed E-state index contributed by atoms with van der Waals surface area (Å²) in [5, 5.41) is 13.6. The van der Waals surface area contributed by atoms with Crippen LogP contribution < -0.4 is 10.1 Å². The maximum Gasteiger partial charge on any atom is 0.118 e. The Hall–Kier alpha value is -1.06. The molecular weight excluding hydrogens is 226 g/mol. The summed E-state index contributed by atoms with van der Waals surface area (Å²) in [7, 11) is 1.65. The van der Waals surface area contributed by atoms with Crippen LogP contribution in [0, 0.1) is 5.92 Å². The quantitative estimate of drug-likeness (QED) is 0.781. The minimum atomic E-state index is -0.719. The van der Waals surface area contributed by atoms with E-state index in [1.165, 1.54) is 0 Å². The molecule has 0 radical (unpaired) electrons. The van der Waals surface area contributed by atoms with E-state index < -0.39 is 5.60 Å². The molecule has 18 heavy (non-hydrogen) atoms. The Labute approximate surface area is 110 Å². The molecular formula is C15H25NO2. The molecule has 1 unspecified atom stereocenters. The maximum absolute atomic E-state index is 10.3. The van der Waals surface area contributed by atoms with E-state index in [1.807, 2.05) is 31.2 Å². The highest BCUT2D eigenvalue weighted by Gasteiger charge is 2.20. The molecule has 1 rings (SSSR count). The molecule has 1 atom stereocenters. The van der Waals surface area contributed by atoms with Crippen molar-refractivity contribution in [2.75, 3.05) is 20.2 Å². The Bertz CT molecular complexity index is 344. The molecule has 0 aliphatic rings. The Balaban J connectivity index is 2.47. The van der Waals surface area contributed by atoms with Crippen molar-refractivity contribution in [3.8, 4) is 5.75 Å². The van der Waals surface area contributed by atoms with Crippen molar-refractivity contribution in [1.82, 2.24) is 5.32 Å². The van der Waals surface area contributed by atoms with E-state index in [9.17, 15) is 5.11 Å². The van der Waals surface area contributed by atoms with Crippen LogP contribution >= 0.6 is 0 Å². The number of nitrogens with one attached hydrogen (secondary N) is 1. The van der Waals surface area contributed by atoms with Gasteiger partial charge in [-0.2, -0.15) is 0 Å². The molecule has 0 spiro atoms. The van der Waals surface area contributed by atoms with Gasteiger partial charge in [-0.3, -0.25) is 0 Å². The highest BCUT2D eigenvalue weighted by Crippen LogP contribution is 2.16. The zero-order chi connectivity index (χ0) is 13.6. The molecule has 1 aromatic rings. The Morgan fingerprint density at radius 3 is 2.39 bits per heavy atom. The lowest BCUT2D eigenvalue weighted by Gasteiger charge is -2.24. The first kappa shape index (κ1) is 15.0. The first-order chi connectivity index (χ1) is 8.43. The smallest absolute Gasteiger partial charge is 0.118 e. The summed E-state index contributed by atoms with van der Waals surface area (Å²) < 4.78 is 5.12. The largest absolute Gasteiger partial charge is 0.497 e. The van der Waals surface area contributed by atoms with Gasteiger partial charge in [-0.1, -0.05) is 26.0 Å². The molecule has 0 saturated heterocycles. The number of aliphatic hydroxyl groups is 1. The van der Waals surface area contributed by atoms with E-state index in [0.29, 0.717) is 18.9 Å². The lowest BCUT2D eigenvalue weighted by Crippen LogP contribution is -2.40. The zero-order valence-corrected chi connectivity index (χ0v) is 11.9.